The molecule has 3 rings (SSSR count). The summed E-state index contributed by atoms with van der Waals surface area (Å²) in [4.78, 5) is 25.7. The maximum absolute atomic E-state index is 12.9. The van der Waals surface area contributed by atoms with E-state index in [2.05, 4.69) is 11.0 Å². The van der Waals surface area contributed by atoms with Crippen LogP contribution in [0.1, 0.15) is 37.7 Å². The molecule has 0 spiro atoms. The number of carbonyl (C=O) groups is 2. The summed E-state index contributed by atoms with van der Waals surface area (Å²) in [6.45, 7) is 3.39. The van der Waals surface area contributed by atoms with Crippen molar-refractivity contribution in [3.05, 3.63) is 48.0 Å². The van der Waals surface area contributed by atoms with Crippen LogP contribution in [-0.2, 0) is 25.7 Å². The Bertz CT molecular complexity index is 684. The number of unbranched alkanes of at least 4 members (excludes halogenated alkanes) is 1. The molecule has 0 bridgehead atoms. The summed E-state index contributed by atoms with van der Waals surface area (Å²) in [6, 6.07) is 9.91. The first-order valence-corrected chi connectivity index (χ1v) is 10.5. The SMILES string of the molecule is O=C(O)CCCC=CC[C@H]1[C@@H](OCc2ccccc2)CC(=O)[C@@H]1N1CCOCC1. The maximum Gasteiger partial charge on any atom is 0.303 e. The molecule has 0 amide bonds. The van der Waals surface area contributed by atoms with Crippen LogP contribution in [0.2, 0.25) is 0 Å². The number of allylic oxidation sites excluding steroid dienone is 2. The Morgan fingerprint density at radius 3 is 2.69 bits per heavy atom. The molecule has 1 saturated heterocycles. The molecular formula is C23H31NO5. The summed E-state index contributed by atoms with van der Waals surface area (Å²) in [5.74, 6) is -0.393. The molecule has 2 fully saturated rings. The van der Waals surface area contributed by atoms with Gasteiger partial charge in [0.25, 0.3) is 0 Å². The summed E-state index contributed by atoms with van der Waals surface area (Å²) in [6.07, 6.45) is 6.81. The molecule has 0 aromatic heterocycles. The molecule has 2 aliphatic rings. The molecule has 1 aromatic carbocycles. The Balaban J connectivity index is 1.62. The zero-order chi connectivity index (χ0) is 20.5. The highest BCUT2D eigenvalue weighted by Crippen LogP contribution is 2.34. The Labute approximate surface area is 172 Å². The van der Waals surface area contributed by atoms with Crippen molar-refractivity contribution in [3.63, 3.8) is 0 Å². The number of morpholine rings is 1. The van der Waals surface area contributed by atoms with Gasteiger partial charge >= 0.3 is 5.97 Å². The monoisotopic (exact) mass is 401 g/mol. The number of hydrogen-bond acceptors (Lipinski definition) is 5. The van der Waals surface area contributed by atoms with Gasteiger partial charge < -0.3 is 14.6 Å². The molecule has 1 N–H and O–H groups in total. The van der Waals surface area contributed by atoms with Gasteiger partial charge in [0.2, 0.25) is 0 Å². The molecule has 1 heterocycles. The summed E-state index contributed by atoms with van der Waals surface area (Å²) < 4.78 is 11.7. The second-order valence-corrected chi connectivity index (χ2v) is 7.76. The van der Waals surface area contributed by atoms with Gasteiger partial charge in [-0.1, -0.05) is 42.5 Å². The smallest absolute Gasteiger partial charge is 0.303 e. The second-order valence-electron chi connectivity index (χ2n) is 7.76. The summed E-state index contributed by atoms with van der Waals surface area (Å²) in [7, 11) is 0. The molecule has 1 aliphatic heterocycles. The van der Waals surface area contributed by atoms with Crippen LogP contribution in [0.5, 0.6) is 0 Å². The lowest BCUT2D eigenvalue weighted by atomic mass is 9.95. The Morgan fingerprint density at radius 2 is 1.97 bits per heavy atom. The molecule has 1 aliphatic carbocycles. The van der Waals surface area contributed by atoms with Gasteiger partial charge in [0.05, 0.1) is 32.0 Å². The summed E-state index contributed by atoms with van der Waals surface area (Å²) in [5.41, 5.74) is 1.11. The molecule has 0 unspecified atom stereocenters. The average molecular weight is 402 g/mol. The van der Waals surface area contributed by atoms with E-state index in [1.807, 2.05) is 36.4 Å². The molecule has 1 aromatic rings. The third-order valence-corrected chi connectivity index (χ3v) is 5.70. The van der Waals surface area contributed by atoms with E-state index in [1.54, 1.807) is 0 Å². The van der Waals surface area contributed by atoms with Crippen molar-refractivity contribution in [2.24, 2.45) is 5.92 Å². The Morgan fingerprint density at radius 1 is 1.21 bits per heavy atom. The lowest BCUT2D eigenvalue weighted by Crippen LogP contribution is -2.49. The first-order chi connectivity index (χ1) is 14.1. The van der Waals surface area contributed by atoms with Crippen LogP contribution in [0, 0.1) is 5.92 Å². The van der Waals surface area contributed by atoms with E-state index >= 15 is 0 Å². The zero-order valence-electron chi connectivity index (χ0n) is 16.9. The van der Waals surface area contributed by atoms with Gasteiger partial charge in [0.15, 0.2) is 5.78 Å². The van der Waals surface area contributed by atoms with E-state index in [0.717, 1.165) is 31.5 Å². The van der Waals surface area contributed by atoms with Crippen LogP contribution in [0.25, 0.3) is 0 Å². The molecule has 1 saturated carbocycles. The van der Waals surface area contributed by atoms with Gasteiger partial charge in [-0.05, 0) is 24.8 Å². The molecule has 158 valence electrons. The topological polar surface area (TPSA) is 76.1 Å². The lowest BCUT2D eigenvalue weighted by molar-refractivity contribution is -0.137. The van der Waals surface area contributed by atoms with Crippen molar-refractivity contribution < 1.29 is 24.2 Å². The van der Waals surface area contributed by atoms with Crippen molar-refractivity contribution in [3.8, 4) is 0 Å². The fourth-order valence-electron chi connectivity index (χ4n) is 4.23. The Kier molecular flexibility index (Phi) is 8.40. The number of carboxylic acids is 1. The third kappa shape index (κ3) is 6.49. The quantitative estimate of drug-likeness (QED) is 0.480. The molecular weight excluding hydrogens is 370 g/mol. The van der Waals surface area contributed by atoms with Crippen LogP contribution in [-0.4, -0.2) is 60.2 Å². The normalized spacial score (nSPS) is 25.7. The summed E-state index contributed by atoms with van der Waals surface area (Å²) >= 11 is 0. The predicted molar refractivity (Wildman–Crippen MR) is 110 cm³/mol. The zero-order valence-corrected chi connectivity index (χ0v) is 16.9. The number of rotatable bonds is 10. The highest BCUT2D eigenvalue weighted by Gasteiger charge is 2.45. The molecule has 0 radical (unpaired) electrons. The van der Waals surface area contributed by atoms with Crippen LogP contribution >= 0.6 is 0 Å². The minimum absolute atomic E-state index is 0.0979. The van der Waals surface area contributed by atoms with E-state index in [4.69, 9.17) is 14.6 Å². The van der Waals surface area contributed by atoms with Crippen molar-refractivity contribution in [2.45, 2.75) is 50.9 Å². The lowest BCUT2D eigenvalue weighted by Gasteiger charge is -2.35. The molecule has 6 heteroatoms. The van der Waals surface area contributed by atoms with Gasteiger partial charge in [0, 0.05) is 31.8 Å². The maximum atomic E-state index is 12.9. The number of Topliss-reactive ketones (excluding diaryl/α,β-unsaturated/α-hetero) is 1. The van der Waals surface area contributed by atoms with Crippen molar-refractivity contribution >= 4 is 11.8 Å². The fourth-order valence-corrected chi connectivity index (χ4v) is 4.23. The predicted octanol–water partition coefficient (Wildman–Crippen LogP) is 3.06. The number of aliphatic carboxylic acids is 1. The third-order valence-electron chi connectivity index (χ3n) is 5.70. The second kappa shape index (κ2) is 11.2. The van der Waals surface area contributed by atoms with Crippen LogP contribution < -0.4 is 0 Å². The van der Waals surface area contributed by atoms with Crippen LogP contribution in [0.3, 0.4) is 0 Å². The van der Waals surface area contributed by atoms with Gasteiger partial charge in [0.1, 0.15) is 0 Å². The number of carbonyl (C=O) groups excluding carboxylic acids is 1. The number of ketones is 1. The van der Waals surface area contributed by atoms with Crippen molar-refractivity contribution in [1.29, 1.82) is 0 Å². The van der Waals surface area contributed by atoms with E-state index in [1.165, 1.54) is 0 Å². The highest BCUT2D eigenvalue weighted by atomic mass is 16.5. The number of nitrogens with zero attached hydrogens (tertiary/aromatic N) is 1. The first-order valence-electron chi connectivity index (χ1n) is 10.5. The molecule has 6 nitrogen and oxygen atoms in total. The number of benzene rings is 1. The van der Waals surface area contributed by atoms with Crippen LogP contribution in [0.15, 0.2) is 42.5 Å². The fraction of sp³-hybridized carbons (Fsp3) is 0.565. The average Bonchev–Trinajstić information content (AvgIpc) is 3.05. The van der Waals surface area contributed by atoms with Gasteiger partial charge in [-0.3, -0.25) is 14.5 Å². The Hall–Kier alpha value is -2.02. The van der Waals surface area contributed by atoms with Crippen molar-refractivity contribution in [1.82, 2.24) is 4.90 Å². The largest absolute Gasteiger partial charge is 0.481 e. The van der Waals surface area contributed by atoms with Gasteiger partial charge in [-0.25, -0.2) is 0 Å². The van der Waals surface area contributed by atoms with E-state index in [9.17, 15) is 9.59 Å². The minimum atomic E-state index is -0.762. The van der Waals surface area contributed by atoms with E-state index in [-0.39, 0.29) is 30.3 Å². The molecule has 3 atom stereocenters. The summed E-state index contributed by atoms with van der Waals surface area (Å²) in [5, 5.41) is 8.74. The molecule has 29 heavy (non-hydrogen) atoms. The first kappa shape index (κ1) is 21.7. The van der Waals surface area contributed by atoms with E-state index in [0.29, 0.717) is 32.7 Å². The van der Waals surface area contributed by atoms with Gasteiger partial charge in [-0.2, -0.15) is 0 Å². The number of carboxylic acid groups (broad SMARTS) is 1. The van der Waals surface area contributed by atoms with E-state index < -0.39 is 5.97 Å². The highest BCUT2D eigenvalue weighted by molar-refractivity contribution is 5.87. The standard InChI is InChI=1S/C23H31NO5/c25-20-16-21(29-17-18-8-4-3-5-9-18)19(10-6-1-2-7-11-22(26)27)23(20)24-12-14-28-15-13-24/h1,3-6,8-9,19,21,23H,2,7,10-17H2,(H,26,27)/t19-,21-,23+/m0/s1. The van der Waals surface area contributed by atoms with Crippen molar-refractivity contribution in [2.75, 3.05) is 26.3 Å². The number of ether oxygens (including phenoxy) is 2. The number of hydrogen-bond donors (Lipinski definition) is 1. The van der Waals surface area contributed by atoms with Gasteiger partial charge in [-0.15, -0.1) is 0 Å². The minimum Gasteiger partial charge on any atom is -0.481 e. The van der Waals surface area contributed by atoms with Crippen LogP contribution in [0.4, 0.5) is 0 Å².